The van der Waals surface area contributed by atoms with Gasteiger partial charge in [0, 0.05) is 82.5 Å². The second-order valence-corrected chi connectivity index (χ2v) is 25.1. The summed E-state index contributed by atoms with van der Waals surface area (Å²) >= 11 is 0. The average molecular weight is 1110 g/mol. The second kappa shape index (κ2) is 31.3. The Morgan fingerprint density at radius 3 is 1.42 bits per heavy atom. The van der Waals surface area contributed by atoms with Gasteiger partial charge in [-0.3, -0.25) is 28.8 Å². The summed E-state index contributed by atoms with van der Waals surface area (Å²) in [5.74, 6) is -0.714. The van der Waals surface area contributed by atoms with Gasteiger partial charge < -0.3 is 30.2 Å². The molecule has 81 heavy (non-hydrogen) atoms. The van der Waals surface area contributed by atoms with Crippen molar-refractivity contribution in [3.63, 3.8) is 0 Å². The zero-order valence-electron chi connectivity index (χ0n) is 50.2. The van der Waals surface area contributed by atoms with Crippen molar-refractivity contribution in [3.8, 4) is 22.3 Å². The van der Waals surface area contributed by atoms with E-state index in [9.17, 15) is 28.8 Å². The van der Waals surface area contributed by atoms with Gasteiger partial charge in [0.2, 0.25) is 29.5 Å². The summed E-state index contributed by atoms with van der Waals surface area (Å²) in [7, 11) is 1.77. The highest BCUT2D eigenvalue weighted by Gasteiger charge is 2.43. The Morgan fingerprint density at radius 2 is 1.00 bits per heavy atom. The van der Waals surface area contributed by atoms with Crippen LogP contribution in [0.1, 0.15) is 171 Å². The number of likely N-dealkylation sites (N-methyl/N-ethyl adjacent to an activating group) is 1. The van der Waals surface area contributed by atoms with Crippen molar-refractivity contribution in [3.05, 3.63) is 120 Å². The molecule has 0 radical (unpaired) electrons. The second-order valence-electron chi connectivity index (χ2n) is 25.1. The third kappa shape index (κ3) is 18.7. The van der Waals surface area contributed by atoms with E-state index in [1.807, 2.05) is 143 Å². The lowest BCUT2D eigenvalue weighted by Crippen LogP contribution is -2.57. The number of Topliss-reactive ketones (excluding diaryl/α,β-unsaturated/α-hetero) is 1. The number of likely N-dealkylation sites (tertiary alicyclic amines) is 2. The molecule has 2 aliphatic heterocycles. The maximum atomic E-state index is 14.5. The normalized spacial score (nSPS) is 16.9. The van der Waals surface area contributed by atoms with Crippen LogP contribution in [0, 0.1) is 22.7 Å². The Kier molecular flexibility index (Phi) is 25.4. The molecular weight excluding hydrogens is 1010 g/mol. The average Bonchev–Trinajstić information content (AvgIpc) is 4.13. The first kappa shape index (κ1) is 65.7. The van der Waals surface area contributed by atoms with E-state index < -0.39 is 22.8 Å². The highest BCUT2D eigenvalue weighted by Crippen LogP contribution is 2.35. The third-order valence-electron chi connectivity index (χ3n) is 17.0. The van der Waals surface area contributed by atoms with Gasteiger partial charge in [0.25, 0.3) is 0 Å². The Balaban J connectivity index is 0.0000120. The van der Waals surface area contributed by atoms with Crippen LogP contribution in [0.2, 0.25) is 0 Å². The highest BCUT2D eigenvalue weighted by molar-refractivity contribution is 5.91. The Bertz CT molecular complexity index is 2460. The molecule has 2 aliphatic rings. The molecular formula is C69H100N6O6. The van der Waals surface area contributed by atoms with Gasteiger partial charge in [-0.25, -0.2) is 0 Å². The maximum absolute atomic E-state index is 14.5. The van der Waals surface area contributed by atoms with Crippen molar-refractivity contribution >= 4 is 35.3 Å². The van der Waals surface area contributed by atoms with Crippen LogP contribution in [0.25, 0.3) is 22.3 Å². The van der Waals surface area contributed by atoms with Gasteiger partial charge in [0.1, 0.15) is 11.8 Å². The van der Waals surface area contributed by atoms with Crippen LogP contribution < -0.4 is 10.6 Å². The largest absolute Gasteiger partial charge is 0.344 e. The fourth-order valence-corrected chi connectivity index (χ4v) is 11.5. The summed E-state index contributed by atoms with van der Waals surface area (Å²) in [4.78, 5) is 92.4. The van der Waals surface area contributed by atoms with Gasteiger partial charge in [-0.1, -0.05) is 198 Å². The van der Waals surface area contributed by atoms with E-state index in [1.54, 1.807) is 7.05 Å². The smallest absolute Gasteiger partial charge is 0.246 e. The molecule has 2 saturated heterocycles. The SMILES string of the molecule is C.CC[C@@H](C)C(=O)N[C@H](C(=O)N1CCC[C@H]1CN(Cc1ccccc1-c1ccccc1)C(=O)CCCCCCCCC(=O)N(Cc1ccccc1-c1ccccc1)C[C@@H]1CCCN1C(=O)[C@@H](CC(=O)[C@H](C)NC)C(C)(C)C)C(C)(C)C. The monoisotopic (exact) mass is 1110 g/mol. The molecule has 5 amide bonds. The predicted molar refractivity (Wildman–Crippen MR) is 330 cm³/mol. The predicted octanol–water partition coefficient (Wildman–Crippen LogP) is 12.9. The van der Waals surface area contributed by atoms with E-state index in [1.165, 1.54) is 0 Å². The molecule has 0 saturated carbocycles. The van der Waals surface area contributed by atoms with Crippen LogP contribution in [0.5, 0.6) is 0 Å². The molecule has 6 rings (SSSR count). The number of nitrogens with zero attached hydrogens (tertiary/aromatic N) is 4. The number of rotatable bonds is 28. The van der Waals surface area contributed by atoms with Crippen LogP contribution in [0.15, 0.2) is 109 Å². The fraction of sp³-hybridized carbons (Fsp3) is 0.565. The topological polar surface area (TPSA) is 139 Å². The number of hydrogen-bond donors (Lipinski definition) is 2. The van der Waals surface area contributed by atoms with Crippen LogP contribution in [0.4, 0.5) is 0 Å². The van der Waals surface area contributed by atoms with E-state index in [4.69, 9.17) is 0 Å². The summed E-state index contributed by atoms with van der Waals surface area (Å²) < 4.78 is 0. The summed E-state index contributed by atoms with van der Waals surface area (Å²) in [5, 5.41) is 6.15. The standard InChI is InChI=1S/C68H96N6O6.CH4/c1-11-49(2)64(78)70-63(68(7,8)9)66(80)74-43-29-37-56(74)48-72(46-54-35-25-27-39-58(54)52-32-20-17-21-33-52)62(77)41-23-15-13-12-14-22-40-61(76)71(45-53-34-24-26-38-57(53)51-30-18-16-19-31-51)47-55-36-28-42-73(55)65(79)59(67(4,5)6)44-60(75)50(3)69-10;/h16-21,24-27,30-35,38-39,49-50,55-56,59,63,69H,11-15,22-23,28-29,36-37,40-48H2,1-10H3,(H,70,78);1H4/t49-,50+,55+,56+,59-,63-;/m1./s1. The van der Waals surface area contributed by atoms with E-state index >= 15 is 0 Å². The highest BCUT2D eigenvalue weighted by atomic mass is 16.2. The minimum atomic E-state index is -0.684. The summed E-state index contributed by atoms with van der Waals surface area (Å²) in [5.41, 5.74) is 5.52. The number of carbonyl (C=O) groups excluding carboxylic acids is 6. The molecule has 0 spiro atoms. The van der Waals surface area contributed by atoms with Gasteiger partial charge in [0.05, 0.1) is 6.04 Å². The molecule has 4 aromatic rings. The van der Waals surface area contributed by atoms with Gasteiger partial charge in [-0.15, -0.1) is 0 Å². The number of nitrogens with one attached hydrogen (secondary N) is 2. The van der Waals surface area contributed by atoms with Crippen molar-refractivity contribution in [2.75, 3.05) is 33.2 Å². The third-order valence-corrected chi connectivity index (χ3v) is 17.0. The zero-order chi connectivity index (χ0) is 58.0. The molecule has 0 aromatic heterocycles. The Hall–Kier alpha value is -6.14. The molecule has 2 heterocycles. The van der Waals surface area contributed by atoms with Crippen molar-refractivity contribution < 1.29 is 28.8 Å². The number of carbonyl (C=O) groups is 6. The van der Waals surface area contributed by atoms with E-state index in [0.717, 1.165) is 97.6 Å². The van der Waals surface area contributed by atoms with Crippen molar-refractivity contribution in [1.82, 2.24) is 30.2 Å². The first-order valence-corrected chi connectivity index (χ1v) is 30.1. The minimum Gasteiger partial charge on any atom is -0.344 e. The Morgan fingerprint density at radius 1 is 0.580 bits per heavy atom. The zero-order valence-corrected chi connectivity index (χ0v) is 50.2. The molecule has 2 fully saturated rings. The molecule has 6 atom stereocenters. The minimum absolute atomic E-state index is 0. The van der Waals surface area contributed by atoms with E-state index in [-0.39, 0.29) is 73.2 Å². The van der Waals surface area contributed by atoms with Crippen LogP contribution in [-0.4, -0.2) is 112 Å². The fourth-order valence-electron chi connectivity index (χ4n) is 11.5. The Labute approximate surface area is 487 Å². The lowest BCUT2D eigenvalue weighted by atomic mass is 9.76. The number of hydrogen-bond acceptors (Lipinski definition) is 7. The molecule has 442 valence electrons. The molecule has 0 aliphatic carbocycles. The van der Waals surface area contributed by atoms with Gasteiger partial charge in [0.15, 0.2) is 0 Å². The molecule has 0 bridgehead atoms. The molecule has 0 unspecified atom stereocenters. The number of amides is 5. The van der Waals surface area contributed by atoms with Crippen molar-refractivity contribution in [1.29, 1.82) is 0 Å². The summed E-state index contributed by atoms with van der Waals surface area (Å²) in [6.45, 7) is 20.7. The maximum Gasteiger partial charge on any atom is 0.246 e. The molecule has 12 nitrogen and oxygen atoms in total. The van der Waals surface area contributed by atoms with Crippen LogP contribution >= 0.6 is 0 Å². The number of benzene rings is 4. The van der Waals surface area contributed by atoms with Gasteiger partial charge in [-0.2, -0.15) is 0 Å². The van der Waals surface area contributed by atoms with Crippen LogP contribution in [0.3, 0.4) is 0 Å². The lowest BCUT2D eigenvalue weighted by Gasteiger charge is -2.37. The van der Waals surface area contributed by atoms with E-state index in [0.29, 0.717) is 58.5 Å². The molecule has 2 N–H and O–H groups in total. The first-order chi connectivity index (χ1) is 38.2. The lowest BCUT2D eigenvalue weighted by molar-refractivity contribution is -0.144. The van der Waals surface area contributed by atoms with Gasteiger partial charge in [-0.05, 0) is 103 Å². The quantitative estimate of drug-likeness (QED) is 0.0540. The van der Waals surface area contributed by atoms with Crippen LogP contribution in [-0.2, 0) is 41.9 Å². The van der Waals surface area contributed by atoms with Crippen molar-refractivity contribution in [2.24, 2.45) is 22.7 Å². The van der Waals surface area contributed by atoms with E-state index in [2.05, 4.69) is 59.2 Å². The first-order valence-electron chi connectivity index (χ1n) is 30.1. The number of unbranched alkanes of at least 4 members (excludes halogenated alkanes) is 5. The van der Waals surface area contributed by atoms with Crippen molar-refractivity contribution in [2.45, 2.75) is 197 Å². The number of ketones is 1. The molecule has 12 heteroatoms. The molecule has 4 aromatic carbocycles. The summed E-state index contributed by atoms with van der Waals surface area (Å²) in [6.07, 6.45) is 10.0. The summed E-state index contributed by atoms with van der Waals surface area (Å²) in [6, 6.07) is 35.7. The van der Waals surface area contributed by atoms with Gasteiger partial charge >= 0.3 is 0 Å².